The molecule has 0 saturated heterocycles. The number of pyridine rings is 1. The molecule has 110 valence electrons. The molecule has 4 nitrogen and oxygen atoms in total. The molecule has 0 aliphatic heterocycles. The fourth-order valence-corrected chi connectivity index (χ4v) is 2.05. The van der Waals surface area contributed by atoms with Gasteiger partial charge in [0, 0.05) is 11.4 Å². The van der Waals surface area contributed by atoms with E-state index >= 15 is 0 Å². The minimum atomic E-state index is -0.940. The van der Waals surface area contributed by atoms with Gasteiger partial charge in [0.05, 0.1) is 5.56 Å². The first-order valence-corrected chi connectivity index (χ1v) is 7.11. The number of nitrogens with zero attached hydrogens (tertiary/aromatic N) is 1. The summed E-state index contributed by atoms with van der Waals surface area (Å²) in [7, 11) is 0. The van der Waals surface area contributed by atoms with Crippen molar-refractivity contribution in [3.63, 3.8) is 0 Å². The number of nitrogens with one attached hydrogen (secondary N) is 1. The van der Waals surface area contributed by atoms with Crippen LogP contribution in [0.25, 0.3) is 0 Å². The van der Waals surface area contributed by atoms with Gasteiger partial charge in [-0.25, -0.2) is 9.78 Å². The van der Waals surface area contributed by atoms with Crippen molar-refractivity contribution in [1.29, 1.82) is 0 Å². The Balaban J connectivity index is 2.36. The zero-order valence-electron chi connectivity index (χ0n) is 12.6. The van der Waals surface area contributed by atoms with E-state index in [1.54, 1.807) is 12.1 Å². The van der Waals surface area contributed by atoms with E-state index in [1.807, 2.05) is 32.0 Å². The quantitative estimate of drug-likeness (QED) is 0.863. The van der Waals surface area contributed by atoms with Crippen LogP contribution >= 0.6 is 0 Å². The maximum atomic E-state index is 11.2. The third kappa shape index (κ3) is 3.81. The summed E-state index contributed by atoms with van der Waals surface area (Å²) in [6, 6.07) is 11.2. The Morgan fingerprint density at radius 3 is 2.67 bits per heavy atom. The summed E-state index contributed by atoms with van der Waals surface area (Å²) in [5, 5.41) is 12.4. The Bertz CT molecular complexity index is 651. The van der Waals surface area contributed by atoms with Crippen molar-refractivity contribution in [3.8, 4) is 0 Å². The maximum absolute atomic E-state index is 11.2. The third-order valence-corrected chi connectivity index (χ3v) is 3.29. The van der Waals surface area contributed by atoms with Crippen LogP contribution < -0.4 is 5.32 Å². The summed E-state index contributed by atoms with van der Waals surface area (Å²) in [5.41, 5.74) is 3.16. The number of aryl methyl sites for hydroxylation is 1. The number of hydrogen-bond acceptors (Lipinski definition) is 3. The zero-order valence-corrected chi connectivity index (χ0v) is 12.6. The standard InChI is InChI=1S/C17H20N2O2/c1-4-12-6-5-7-14(8-12)18-16-10-13(17(20)21)9-15(19-16)11(2)3/h5-11H,4H2,1-3H3,(H,18,19)(H,20,21). The van der Waals surface area contributed by atoms with E-state index in [0.717, 1.165) is 17.8 Å². The Morgan fingerprint density at radius 1 is 1.29 bits per heavy atom. The Kier molecular flexibility index (Phi) is 4.58. The summed E-state index contributed by atoms with van der Waals surface area (Å²) in [6.45, 7) is 6.09. The molecular formula is C17H20N2O2. The number of hydrogen-bond donors (Lipinski definition) is 2. The number of anilines is 2. The van der Waals surface area contributed by atoms with Crippen LogP contribution in [-0.4, -0.2) is 16.1 Å². The van der Waals surface area contributed by atoms with Gasteiger partial charge in [-0.15, -0.1) is 0 Å². The SMILES string of the molecule is CCc1cccc(Nc2cc(C(=O)O)cc(C(C)C)n2)c1. The lowest BCUT2D eigenvalue weighted by Crippen LogP contribution is -2.05. The minimum Gasteiger partial charge on any atom is -0.478 e. The summed E-state index contributed by atoms with van der Waals surface area (Å²) in [5.74, 6) is -0.205. The van der Waals surface area contributed by atoms with Gasteiger partial charge < -0.3 is 10.4 Å². The number of carboxylic acid groups (broad SMARTS) is 1. The molecule has 0 atom stereocenters. The third-order valence-electron chi connectivity index (χ3n) is 3.29. The highest BCUT2D eigenvalue weighted by atomic mass is 16.4. The number of carbonyl (C=O) groups is 1. The highest BCUT2D eigenvalue weighted by Gasteiger charge is 2.11. The average Bonchev–Trinajstić information content (AvgIpc) is 2.47. The van der Waals surface area contributed by atoms with Gasteiger partial charge in [0.25, 0.3) is 0 Å². The van der Waals surface area contributed by atoms with Gasteiger partial charge in [-0.05, 0) is 42.2 Å². The van der Waals surface area contributed by atoms with Gasteiger partial charge >= 0.3 is 5.97 Å². The Labute approximate surface area is 124 Å². The van der Waals surface area contributed by atoms with Crippen LogP contribution in [0.1, 0.15) is 48.3 Å². The Hall–Kier alpha value is -2.36. The molecule has 0 fully saturated rings. The molecule has 0 aliphatic carbocycles. The zero-order chi connectivity index (χ0) is 15.4. The number of rotatable bonds is 5. The minimum absolute atomic E-state index is 0.173. The van der Waals surface area contributed by atoms with Gasteiger partial charge in [-0.3, -0.25) is 0 Å². The van der Waals surface area contributed by atoms with Gasteiger partial charge in [-0.2, -0.15) is 0 Å². The predicted molar refractivity (Wildman–Crippen MR) is 84.4 cm³/mol. The number of carboxylic acids is 1. The molecule has 2 aromatic rings. The van der Waals surface area contributed by atoms with E-state index in [0.29, 0.717) is 5.82 Å². The van der Waals surface area contributed by atoms with E-state index < -0.39 is 5.97 Å². The molecule has 0 spiro atoms. The predicted octanol–water partition coefficient (Wildman–Crippen LogP) is 4.21. The first-order valence-electron chi connectivity index (χ1n) is 7.11. The molecular weight excluding hydrogens is 264 g/mol. The van der Waals surface area contributed by atoms with Crippen LogP contribution in [0.2, 0.25) is 0 Å². The van der Waals surface area contributed by atoms with Crippen molar-refractivity contribution in [2.75, 3.05) is 5.32 Å². The van der Waals surface area contributed by atoms with Gasteiger partial charge in [0.15, 0.2) is 0 Å². The second-order valence-electron chi connectivity index (χ2n) is 5.30. The smallest absolute Gasteiger partial charge is 0.335 e. The van der Waals surface area contributed by atoms with E-state index in [1.165, 1.54) is 5.56 Å². The van der Waals surface area contributed by atoms with Crippen LogP contribution in [-0.2, 0) is 6.42 Å². The lowest BCUT2D eigenvalue weighted by Gasteiger charge is -2.12. The fourth-order valence-electron chi connectivity index (χ4n) is 2.05. The molecule has 0 unspecified atom stereocenters. The molecule has 2 N–H and O–H groups in total. The van der Waals surface area contributed by atoms with Crippen molar-refractivity contribution in [2.24, 2.45) is 0 Å². The van der Waals surface area contributed by atoms with E-state index in [-0.39, 0.29) is 11.5 Å². The molecule has 0 amide bonds. The monoisotopic (exact) mass is 284 g/mol. The molecule has 2 rings (SSSR count). The van der Waals surface area contributed by atoms with Crippen molar-refractivity contribution >= 4 is 17.5 Å². The molecule has 0 radical (unpaired) electrons. The second-order valence-corrected chi connectivity index (χ2v) is 5.30. The van der Waals surface area contributed by atoms with Crippen LogP contribution in [0.3, 0.4) is 0 Å². The molecule has 1 aromatic heterocycles. The van der Waals surface area contributed by atoms with Crippen LogP contribution in [0.5, 0.6) is 0 Å². The molecule has 21 heavy (non-hydrogen) atoms. The lowest BCUT2D eigenvalue weighted by atomic mass is 10.1. The van der Waals surface area contributed by atoms with Gasteiger partial charge in [-0.1, -0.05) is 32.9 Å². The summed E-state index contributed by atoms with van der Waals surface area (Å²) in [6.07, 6.45) is 0.954. The van der Waals surface area contributed by atoms with Crippen LogP contribution in [0.15, 0.2) is 36.4 Å². The van der Waals surface area contributed by atoms with Crippen molar-refractivity contribution in [2.45, 2.75) is 33.1 Å². The molecule has 0 saturated carbocycles. The van der Waals surface area contributed by atoms with Crippen molar-refractivity contribution in [3.05, 3.63) is 53.2 Å². The molecule has 0 aliphatic rings. The normalized spacial score (nSPS) is 10.7. The Morgan fingerprint density at radius 2 is 2.05 bits per heavy atom. The maximum Gasteiger partial charge on any atom is 0.335 e. The molecule has 1 heterocycles. The highest BCUT2D eigenvalue weighted by Crippen LogP contribution is 2.21. The lowest BCUT2D eigenvalue weighted by molar-refractivity contribution is 0.0696. The van der Waals surface area contributed by atoms with Gasteiger partial charge in [0.2, 0.25) is 0 Å². The molecule has 0 bridgehead atoms. The first-order chi connectivity index (χ1) is 9.99. The van der Waals surface area contributed by atoms with Gasteiger partial charge in [0.1, 0.15) is 5.82 Å². The number of benzene rings is 1. The summed E-state index contributed by atoms with van der Waals surface area (Å²) in [4.78, 5) is 15.7. The second kappa shape index (κ2) is 6.39. The molecule has 4 heteroatoms. The number of aromatic carboxylic acids is 1. The van der Waals surface area contributed by atoms with E-state index in [2.05, 4.69) is 23.3 Å². The summed E-state index contributed by atoms with van der Waals surface area (Å²) >= 11 is 0. The van der Waals surface area contributed by atoms with E-state index in [9.17, 15) is 9.90 Å². The fraction of sp³-hybridized carbons (Fsp3) is 0.294. The number of aromatic nitrogens is 1. The van der Waals surface area contributed by atoms with Crippen molar-refractivity contribution in [1.82, 2.24) is 4.98 Å². The van der Waals surface area contributed by atoms with E-state index in [4.69, 9.17) is 0 Å². The average molecular weight is 284 g/mol. The van der Waals surface area contributed by atoms with Crippen molar-refractivity contribution < 1.29 is 9.90 Å². The molecule has 1 aromatic carbocycles. The van der Waals surface area contributed by atoms with Crippen LogP contribution in [0, 0.1) is 0 Å². The van der Waals surface area contributed by atoms with Crippen LogP contribution in [0.4, 0.5) is 11.5 Å². The largest absolute Gasteiger partial charge is 0.478 e. The summed E-state index contributed by atoms with van der Waals surface area (Å²) < 4.78 is 0. The first kappa shape index (κ1) is 15.0. The topological polar surface area (TPSA) is 62.2 Å². The highest BCUT2D eigenvalue weighted by molar-refractivity contribution is 5.88.